The minimum Gasteiger partial charge on any atom is -0.490 e. The number of nitrogens with zero attached hydrogens (tertiary/aromatic N) is 1. The largest absolute Gasteiger partial charge is 0.490 e. The molecule has 7 nitrogen and oxygen atoms in total. The Morgan fingerprint density at radius 1 is 0.841 bits per heavy atom. The number of hydrogen-bond donors (Lipinski definition) is 2. The Bertz CT molecular complexity index is 1610. The van der Waals surface area contributed by atoms with Crippen molar-refractivity contribution in [3.05, 3.63) is 106 Å². The van der Waals surface area contributed by atoms with Crippen molar-refractivity contribution in [3.8, 4) is 11.5 Å². The Morgan fingerprint density at radius 3 is 2.32 bits per heavy atom. The van der Waals surface area contributed by atoms with E-state index in [1.807, 2.05) is 17.0 Å². The van der Waals surface area contributed by atoms with Crippen LogP contribution in [0, 0.1) is 5.92 Å². The number of carbonyl (C=O) groups excluding carboxylic acids is 2. The highest BCUT2D eigenvalue weighted by Gasteiger charge is 2.40. The first-order chi connectivity index (χ1) is 21.5. The second-order valence-corrected chi connectivity index (χ2v) is 12.1. The van der Waals surface area contributed by atoms with Crippen LogP contribution in [0.5, 0.6) is 11.5 Å². The van der Waals surface area contributed by atoms with E-state index < -0.39 is 0 Å². The average molecular weight is 633 g/mol. The lowest BCUT2D eigenvalue weighted by molar-refractivity contribution is -0.138. The number of piperidine rings is 1. The highest BCUT2D eigenvalue weighted by molar-refractivity contribution is 6.37. The summed E-state index contributed by atoms with van der Waals surface area (Å²) in [5.74, 6) is 0.602. The molecule has 228 valence electrons. The second kappa shape index (κ2) is 13.9. The van der Waals surface area contributed by atoms with Gasteiger partial charge in [-0.25, -0.2) is 0 Å². The van der Waals surface area contributed by atoms with Crippen LogP contribution in [0.15, 0.2) is 84.9 Å². The molecule has 0 radical (unpaired) electrons. The highest BCUT2D eigenvalue weighted by atomic mass is 35.5. The van der Waals surface area contributed by atoms with Crippen molar-refractivity contribution in [3.63, 3.8) is 0 Å². The average Bonchev–Trinajstić information content (AvgIpc) is 3.89. The lowest BCUT2D eigenvalue weighted by Gasteiger charge is -2.36. The molecule has 2 atom stereocenters. The van der Waals surface area contributed by atoms with Crippen LogP contribution in [-0.4, -0.2) is 55.1 Å². The van der Waals surface area contributed by atoms with Gasteiger partial charge in [0.1, 0.15) is 19.0 Å². The van der Waals surface area contributed by atoms with Gasteiger partial charge in [0.2, 0.25) is 5.91 Å². The number of halogens is 2. The number of carbonyl (C=O) groups is 2. The molecule has 2 fully saturated rings. The molecule has 2 amide bonds. The molecule has 1 aliphatic carbocycles. The number of hydrogen-bond acceptors (Lipinski definition) is 5. The molecule has 2 N–H and O–H groups in total. The summed E-state index contributed by atoms with van der Waals surface area (Å²) in [5, 5.41) is 9.76. The van der Waals surface area contributed by atoms with Crippen LogP contribution in [0.3, 0.4) is 0 Å². The van der Waals surface area contributed by atoms with Crippen molar-refractivity contribution in [2.45, 2.75) is 37.9 Å². The van der Waals surface area contributed by atoms with Gasteiger partial charge in [-0.15, -0.1) is 0 Å². The van der Waals surface area contributed by atoms with Crippen LogP contribution < -0.4 is 20.1 Å². The molecule has 6 rings (SSSR count). The molecule has 0 spiro atoms. The van der Waals surface area contributed by atoms with Gasteiger partial charge in [-0.1, -0.05) is 65.7 Å². The third-order valence-corrected chi connectivity index (χ3v) is 8.78. The molecule has 0 aromatic heterocycles. The molecule has 1 aliphatic heterocycles. The molecule has 2 unspecified atom stereocenters. The van der Waals surface area contributed by atoms with Gasteiger partial charge in [0.25, 0.3) is 5.91 Å². The van der Waals surface area contributed by atoms with E-state index in [9.17, 15) is 9.59 Å². The topological polar surface area (TPSA) is 79.9 Å². The Kier molecular flexibility index (Phi) is 9.55. The van der Waals surface area contributed by atoms with Gasteiger partial charge in [-0.3, -0.25) is 9.59 Å². The third kappa shape index (κ3) is 7.29. The van der Waals surface area contributed by atoms with E-state index in [1.54, 1.807) is 42.5 Å². The monoisotopic (exact) mass is 631 g/mol. The lowest BCUT2D eigenvalue weighted by atomic mass is 9.91. The van der Waals surface area contributed by atoms with Crippen molar-refractivity contribution in [2.24, 2.45) is 5.92 Å². The summed E-state index contributed by atoms with van der Waals surface area (Å²) in [6.07, 6.45) is 2.73. The van der Waals surface area contributed by atoms with Gasteiger partial charge in [0.05, 0.1) is 16.0 Å². The van der Waals surface area contributed by atoms with E-state index in [0.717, 1.165) is 24.9 Å². The molecule has 1 saturated carbocycles. The molecule has 4 aromatic carbocycles. The maximum atomic E-state index is 14.0. The summed E-state index contributed by atoms with van der Waals surface area (Å²) in [7, 11) is 0. The number of amides is 2. The molecule has 1 saturated heterocycles. The van der Waals surface area contributed by atoms with Crippen LogP contribution in [-0.2, 0) is 11.3 Å². The zero-order valence-corrected chi connectivity index (χ0v) is 25.8. The zero-order valence-electron chi connectivity index (χ0n) is 24.3. The van der Waals surface area contributed by atoms with E-state index in [4.69, 9.17) is 32.7 Å². The van der Waals surface area contributed by atoms with Crippen molar-refractivity contribution in [1.29, 1.82) is 0 Å². The first-order valence-corrected chi connectivity index (χ1v) is 15.8. The van der Waals surface area contributed by atoms with Crippen LogP contribution in [0.2, 0.25) is 10.0 Å². The Morgan fingerprint density at radius 2 is 1.57 bits per heavy atom. The van der Waals surface area contributed by atoms with Crippen LogP contribution in [0.1, 0.15) is 35.2 Å². The summed E-state index contributed by atoms with van der Waals surface area (Å²) in [6, 6.07) is 26.8. The smallest absolute Gasteiger partial charge is 0.251 e. The molecule has 0 bridgehead atoms. The van der Waals surface area contributed by atoms with E-state index in [0.29, 0.717) is 46.6 Å². The number of fused-ring (bicyclic) bond motifs is 1. The fourth-order valence-electron chi connectivity index (χ4n) is 5.69. The molecule has 1 heterocycles. The standard InChI is InChI=1S/C35H35Cl2N3O4/c36-30-6-3-7-31(37)33(30)44-19-18-43-28-14-10-25(11-15-28)34(41)39-32-16-17-38-21-29(32)35(42)40(27-12-13-27)22-23-8-9-24-4-1-2-5-26(24)20-23/h1-11,14-15,20,27,29,32,38H,12-13,16-19,21-22H2,(H,39,41). The summed E-state index contributed by atoms with van der Waals surface area (Å²) < 4.78 is 11.4. The number of nitrogens with one attached hydrogen (secondary N) is 2. The minimum absolute atomic E-state index is 0.0993. The van der Waals surface area contributed by atoms with Crippen LogP contribution >= 0.6 is 23.2 Å². The van der Waals surface area contributed by atoms with Crippen molar-refractivity contribution >= 4 is 45.8 Å². The summed E-state index contributed by atoms with van der Waals surface area (Å²) in [5.41, 5.74) is 1.63. The first-order valence-electron chi connectivity index (χ1n) is 15.1. The maximum absolute atomic E-state index is 14.0. The Balaban J connectivity index is 1.05. The first kappa shape index (κ1) is 30.3. The third-order valence-electron chi connectivity index (χ3n) is 8.19. The Labute approximate surface area is 267 Å². The van der Waals surface area contributed by atoms with E-state index >= 15 is 0 Å². The Hall–Kier alpha value is -3.78. The predicted molar refractivity (Wildman–Crippen MR) is 174 cm³/mol. The molecular formula is C35H35Cl2N3O4. The zero-order chi connectivity index (χ0) is 30.5. The van der Waals surface area contributed by atoms with Gasteiger partial charge < -0.3 is 25.0 Å². The van der Waals surface area contributed by atoms with Gasteiger partial charge >= 0.3 is 0 Å². The minimum atomic E-state index is -0.331. The summed E-state index contributed by atoms with van der Waals surface area (Å²) in [6.45, 7) is 2.40. The van der Waals surface area contributed by atoms with Crippen LogP contribution in [0.4, 0.5) is 0 Å². The number of benzene rings is 4. The molecule has 9 heteroatoms. The number of para-hydroxylation sites is 1. The lowest BCUT2D eigenvalue weighted by Crippen LogP contribution is -2.55. The van der Waals surface area contributed by atoms with Crippen molar-refractivity contribution in [2.75, 3.05) is 26.3 Å². The van der Waals surface area contributed by atoms with E-state index in [-0.39, 0.29) is 43.0 Å². The van der Waals surface area contributed by atoms with E-state index in [2.05, 4.69) is 41.0 Å². The molecular weight excluding hydrogens is 597 g/mol. The van der Waals surface area contributed by atoms with Gasteiger partial charge in [0.15, 0.2) is 5.75 Å². The van der Waals surface area contributed by atoms with Crippen LogP contribution in [0.25, 0.3) is 10.8 Å². The summed E-state index contributed by atoms with van der Waals surface area (Å²) in [4.78, 5) is 29.3. The SMILES string of the molecule is O=C(NC1CCNCC1C(=O)N(Cc1ccc2ccccc2c1)C1CC1)c1ccc(OCCOc2c(Cl)cccc2Cl)cc1. The van der Waals surface area contributed by atoms with Gasteiger partial charge in [-0.2, -0.15) is 0 Å². The second-order valence-electron chi connectivity index (χ2n) is 11.3. The fraction of sp³-hybridized carbons (Fsp3) is 0.314. The van der Waals surface area contributed by atoms with Gasteiger partial charge in [-0.05, 0) is 84.6 Å². The predicted octanol–water partition coefficient (Wildman–Crippen LogP) is 6.50. The summed E-state index contributed by atoms with van der Waals surface area (Å²) >= 11 is 12.3. The molecule has 44 heavy (non-hydrogen) atoms. The van der Waals surface area contributed by atoms with Crippen molar-refractivity contribution in [1.82, 2.24) is 15.5 Å². The number of rotatable bonds is 11. The fourth-order valence-corrected chi connectivity index (χ4v) is 6.20. The van der Waals surface area contributed by atoms with E-state index in [1.165, 1.54) is 10.8 Å². The molecule has 2 aliphatic rings. The quantitative estimate of drug-likeness (QED) is 0.185. The molecule has 4 aromatic rings. The number of ether oxygens (including phenoxy) is 2. The van der Waals surface area contributed by atoms with Crippen molar-refractivity contribution < 1.29 is 19.1 Å². The maximum Gasteiger partial charge on any atom is 0.251 e. The normalized spacial score (nSPS) is 18.0. The highest BCUT2D eigenvalue weighted by Crippen LogP contribution is 2.33. The van der Waals surface area contributed by atoms with Gasteiger partial charge in [0, 0.05) is 30.7 Å².